The highest BCUT2D eigenvalue weighted by atomic mass is 16.3. The second kappa shape index (κ2) is 7.07. The SMILES string of the molecule is CC(C)(C)c1cc(C(=O)Nc2ccc(O)c3ncccc23)cc(C(C)(C)C)c1O. The van der Waals surface area contributed by atoms with Gasteiger partial charge < -0.3 is 15.5 Å². The molecule has 0 atom stereocenters. The Kier molecular flexibility index (Phi) is 5.03. The molecule has 3 rings (SSSR count). The van der Waals surface area contributed by atoms with E-state index in [1.807, 2.05) is 41.5 Å². The molecular formula is C24H28N2O3. The van der Waals surface area contributed by atoms with Gasteiger partial charge in [0.1, 0.15) is 17.0 Å². The number of nitrogens with one attached hydrogen (secondary N) is 1. The molecule has 1 amide bonds. The van der Waals surface area contributed by atoms with Gasteiger partial charge in [-0.25, -0.2) is 0 Å². The zero-order valence-corrected chi connectivity index (χ0v) is 17.8. The van der Waals surface area contributed by atoms with Crippen LogP contribution in [0.2, 0.25) is 0 Å². The van der Waals surface area contributed by atoms with Crippen LogP contribution in [0.1, 0.15) is 63.0 Å². The van der Waals surface area contributed by atoms with E-state index in [9.17, 15) is 15.0 Å². The van der Waals surface area contributed by atoms with Gasteiger partial charge in [-0.1, -0.05) is 41.5 Å². The third kappa shape index (κ3) is 4.04. The van der Waals surface area contributed by atoms with Gasteiger partial charge in [0.05, 0.1) is 5.69 Å². The van der Waals surface area contributed by atoms with E-state index in [2.05, 4.69) is 10.3 Å². The number of hydrogen-bond acceptors (Lipinski definition) is 4. The van der Waals surface area contributed by atoms with Crippen LogP contribution < -0.4 is 5.32 Å². The molecule has 3 aromatic rings. The number of anilines is 1. The maximum atomic E-state index is 13.1. The van der Waals surface area contributed by atoms with E-state index in [0.29, 0.717) is 22.2 Å². The van der Waals surface area contributed by atoms with Crippen molar-refractivity contribution in [2.75, 3.05) is 5.32 Å². The van der Waals surface area contributed by atoms with Gasteiger partial charge in [-0.15, -0.1) is 0 Å². The lowest BCUT2D eigenvalue weighted by Gasteiger charge is -2.28. The number of phenolic OH excluding ortho intramolecular Hbond substituents is 2. The number of amides is 1. The summed E-state index contributed by atoms with van der Waals surface area (Å²) in [7, 11) is 0. The van der Waals surface area contributed by atoms with Crippen molar-refractivity contribution in [1.82, 2.24) is 4.98 Å². The van der Waals surface area contributed by atoms with Crippen LogP contribution in [0, 0.1) is 0 Å². The van der Waals surface area contributed by atoms with Gasteiger partial charge in [0.2, 0.25) is 0 Å². The summed E-state index contributed by atoms with van der Waals surface area (Å²) >= 11 is 0. The fourth-order valence-corrected chi connectivity index (χ4v) is 3.37. The normalized spacial score (nSPS) is 12.2. The molecule has 0 aliphatic heterocycles. The first-order chi connectivity index (χ1) is 13.4. The van der Waals surface area contributed by atoms with Gasteiger partial charge in [-0.2, -0.15) is 0 Å². The lowest BCUT2D eigenvalue weighted by molar-refractivity contribution is 0.102. The standard InChI is InChI=1S/C24H28N2O3/c1-23(2,3)16-12-14(13-17(21(16)28)24(4,5)6)22(29)26-18-9-10-19(27)20-15(18)8-7-11-25-20/h7-13,27-28H,1-6H3,(H,26,29). The third-order valence-electron chi connectivity index (χ3n) is 4.98. The summed E-state index contributed by atoms with van der Waals surface area (Å²) in [6.07, 6.45) is 1.60. The molecule has 0 saturated heterocycles. The predicted molar refractivity (Wildman–Crippen MR) is 117 cm³/mol. The van der Waals surface area contributed by atoms with E-state index in [4.69, 9.17) is 0 Å². The number of nitrogens with zero attached hydrogens (tertiary/aromatic N) is 1. The Hall–Kier alpha value is -3.08. The van der Waals surface area contributed by atoms with Gasteiger partial charge in [0, 0.05) is 28.3 Å². The van der Waals surface area contributed by atoms with Crippen LogP contribution in [0.15, 0.2) is 42.6 Å². The van der Waals surface area contributed by atoms with Crippen molar-refractivity contribution < 1.29 is 15.0 Å². The lowest BCUT2D eigenvalue weighted by Crippen LogP contribution is -2.20. The zero-order valence-electron chi connectivity index (χ0n) is 17.8. The van der Waals surface area contributed by atoms with Crippen molar-refractivity contribution in [3.63, 3.8) is 0 Å². The summed E-state index contributed by atoms with van der Waals surface area (Å²) in [5.74, 6) is 0.0194. The summed E-state index contributed by atoms with van der Waals surface area (Å²) < 4.78 is 0. The smallest absolute Gasteiger partial charge is 0.255 e. The van der Waals surface area contributed by atoms with Gasteiger partial charge in [0.25, 0.3) is 5.91 Å². The highest BCUT2D eigenvalue weighted by molar-refractivity contribution is 6.09. The van der Waals surface area contributed by atoms with E-state index in [0.717, 1.165) is 11.1 Å². The Labute approximate surface area is 171 Å². The zero-order chi connectivity index (χ0) is 21.6. The molecule has 0 radical (unpaired) electrons. The van der Waals surface area contributed by atoms with Gasteiger partial charge in [-0.3, -0.25) is 9.78 Å². The molecule has 1 aromatic heterocycles. The lowest BCUT2D eigenvalue weighted by atomic mass is 9.78. The van der Waals surface area contributed by atoms with Crippen molar-refractivity contribution in [2.45, 2.75) is 52.4 Å². The number of aromatic nitrogens is 1. The van der Waals surface area contributed by atoms with Crippen LogP contribution in [0.3, 0.4) is 0 Å². The van der Waals surface area contributed by atoms with E-state index in [-0.39, 0.29) is 28.2 Å². The summed E-state index contributed by atoms with van der Waals surface area (Å²) in [6, 6.07) is 10.2. The summed E-state index contributed by atoms with van der Waals surface area (Å²) in [4.78, 5) is 17.3. The number of carbonyl (C=O) groups is 1. The molecule has 2 aromatic carbocycles. The minimum Gasteiger partial charge on any atom is -0.507 e. The van der Waals surface area contributed by atoms with E-state index >= 15 is 0 Å². The van der Waals surface area contributed by atoms with Crippen LogP contribution in [-0.4, -0.2) is 21.1 Å². The summed E-state index contributed by atoms with van der Waals surface area (Å²) in [5, 5.41) is 24.5. The van der Waals surface area contributed by atoms with Crippen molar-refractivity contribution in [1.29, 1.82) is 0 Å². The molecule has 0 aliphatic carbocycles. The van der Waals surface area contributed by atoms with E-state index < -0.39 is 0 Å². The second-order valence-electron chi connectivity index (χ2n) is 9.41. The molecule has 152 valence electrons. The van der Waals surface area contributed by atoms with Crippen molar-refractivity contribution in [2.24, 2.45) is 0 Å². The van der Waals surface area contributed by atoms with E-state index in [1.165, 1.54) is 6.07 Å². The number of hydrogen-bond donors (Lipinski definition) is 3. The minimum atomic E-state index is -0.324. The topological polar surface area (TPSA) is 82.5 Å². The first-order valence-electron chi connectivity index (χ1n) is 9.65. The maximum Gasteiger partial charge on any atom is 0.255 e. The molecule has 1 heterocycles. The molecule has 3 N–H and O–H groups in total. The molecule has 29 heavy (non-hydrogen) atoms. The number of rotatable bonds is 2. The fourth-order valence-electron chi connectivity index (χ4n) is 3.37. The number of pyridine rings is 1. The average molecular weight is 392 g/mol. The quantitative estimate of drug-likeness (QED) is 0.503. The number of carbonyl (C=O) groups excluding carboxylic acids is 1. The molecule has 5 nitrogen and oxygen atoms in total. The first kappa shape index (κ1) is 20.6. The molecule has 0 aliphatic rings. The highest BCUT2D eigenvalue weighted by Crippen LogP contribution is 2.40. The van der Waals surface area contributed by atoms with Crippen LogP contribution in [0.4, 0.5) is 5.69 Å². The molecule has 0 fully saturated rings. The van der Waals surface area contributed by atoms with E-state index in [1.54, 1.807) is 36.5 Å². The largest absolute Gasteiger partial charge is 0.507 e. The van der Waals surface area contributed by atoms with Crippen LogP contribution in [0.25, 0.3) is 10.9 Å². The summed E-state index contributed by atoms with van der Waals surface area (Å²) in [5.41, 5.74) is 2.29. The molecular weight excluding hydrogens is 364 g/mol. The Morgan fingerprint density at radius 1 is 0.931 bits per heavy atom. The molecule has 0 bridgehead atoms. The van der Waals surface area contributed by atoms with Crippen molar-refractivity contribution in [3.05, 3.63) is 59.3 Å². The van der Waals surface area contributed by atoms with Crippen LogP contribution >= 0.6 is 0 Å². The van der Waals surface area contributed by atoms with Gasteiger partial charge >= 0.3 is 0 Å². The Morgan fingerprint density at radius 3 is 2.07 bits per heavy atom. The predicted octanol–water partition coefficient (Wildman–Crippen LogP) is 5.49. The van der Waals surface area contributed by atoms with Crippen molar-refractivity contribution >= 4 is 22.5 Å². The number of aromatic hydroxyl groups is 2. The minimum absolute atomic E-state index is 0.0632. The number of phenols is 2. The highest BCUT2D eigenvalue weighted by Gasteiger charge is 2.28. The molecule has 5 heteroatoms. The Morgan fingerprint density at radius 2 is 1.52 bits per heavy atom. The average Bonchev–Trinajstić information content (AvgIpc) is 2.62. The monoisotopic (exact) mass is 392 g/mol. The molecule has 0 spiro atoms. The third-order valence-corrected chi connectivity index (χ3v) is 4.98. The first-order valence-corrected chi connectivity index (χ1v) is 9.65. The Balaban J connectivity index is 2.10. The number of benzene rings is 2. The summed E-state index contributed by atoms with van der Waals surface area (Å²) in [6.45, 7) is 12.1. The Bertz CT molecular complexity index is 1050. The van der Waals surface area contributed by atoms with Crippen LogP contribution in [0.5, 0.6) is 11.5 Å². The number of fused-ring (bicyclic) bond motifs is 1. The van der Waals surface area contributed by atoms with Gasteiger partial charge in [-0.05, 0) is 47.2 Å². The van der Waals surface area contributed by atoms with Crippen LogP contribution in [-0.2, 0) is 10.8 Å². The molecule has 0 unspecified atom stereocenters. The second-order valence-corrected chi connectivity index (χ2v) is 9.41. The fraction of sp³-hybridized carbons (Fsp3) is 0.333. The maximum absolute atomic E-state index is 13.1. The van der Waals surface area contributed by atoms with Crippen molar-refractivity contribution in [3.8, 4) is 11.5 Å². The molecule has 0 saturated carbocycles. The van der Waals surface area contributed by atoms with Gasteiger partial charge in [0.15, 0.2) is 0 Å².